The number of carbonyl (C=O) groups excluding carboxylic acids is 3. The van der Waals surface area contributed by atoms with Crippen LogP contribution in [0.15, 0.2) is 42.5 Å². The summed E-state index contributed by atoms with van der Waals surface area (Å²) in [6, 6.07) is 8.92. The number of methoxy groups -OCH3 is 1. The zero-order valence-corrected chi connectivity index (χ0v) is 16.6. The van der Waals surface area contributed by atoms with E-state index in [0.29, 0.717) is 43.1 Å². The molecule has 3 amide bonds. The van der Waals surface area contributed by atoms with E-state index >= 15 is 0 Å². The summed E-state index contributed by atoms with van der Waals surface area (Å²) in [5.74, 6) is -0.170. The van der Waals surface area contributed by atoms with Crippen LogP contribution in [0, 0.1) is 11.8 Å². The van der Waals surface area contributed by atoms with E-state index in [9.17, 15) is 14.4 Å². The van der Waals surface area contributed by atoms with Crippen molar-refractivity contribution in [3.8, 4) is 17.0 Å². The molecule has 1 N–H and O–H groups in total. The van der Waals surface area contributed by atoms with E-state index in [-0.39, 0.29) is 35.6 Å². The molecule has 1 aromatic carbocycles. The molecule has 0 bridgehead atoms. The number of fused-ring (bicyclic) bond motifs is 1. The summed E-state index contributed by atoms with van der Waals surface area (Å²) < 4.78 is 5.36. The van der Waals surface area contributed by atoms with Gasteiger partial charge in [0.05, 0.1) is 30.7 Å². The molecule has 3 aliphatic rings. The van der Waals surface area contributed by atoms with Gasteiger partial charge in [0.25, 0.3) is 5.91 Å². The number of likely N-dealkylation sites (tertiary alicyclic amines) is 2. The predicted octanol–water partition coefficient (Wildman–Crippen LogP) is 1.86. The van der Waals surface area contributed by atoms with E-state index < -0.39 is 0 Å². The minimum Gasteiger partial charge on any atom is -0.496 e. The zero-order valence-electron chi connectivity index (χ0n) is 16.6. The highest BCUT2D eigenvalue weighted by Crippen LogP contribution is 2.37. The molecule has 2 aromatic rings. The Balaban J connectivity index is 1.26. The Hall–Kier alpha value is -3.42. The van der Waals surface area contributed by atoms with Crippen LogP contribution >= 0.6 is 0 Å². The van der Waals surface area contributed by atoms with Crippen LogP contribution in [0.2, 0.25) is 0 Å². The van der Waals surface area contributed by atoms with Gasteiger partial charge >= 0.3 is 0 Å². The van der Waals surface area contributed by atoms with Crippen molar-refractivity contribution in [2.45, 2.75) is 18.9 Å². The summed E-state index contributed by atoms with van der Waals surface area (Å²) in [7, 11) is 1.59. The van der Waals surface area contributed by atoms with Crippen LogP contribution in [0.25, 0.3) is 11.3 Å². The highest BCUT2D eigenvalue weighted by Gasteiger charge is 2.52. The first-order chi connectivity index (χ1) is 14.6. The highest BCUT2D eigenvalue weighted by molar-refractivity contribution is 6.06. The number of carbonyl (C=O) groups is 3. The maximum atomic E-state index is 12.8. The van der Waals surface area contributed by atoms with Crippen molar-refractivity contribution in [1.82, 2.24) is 20.0 Å². The number of nitrogens with one attached hydrogen (secondary N) is 1. The minimum atomic E-state index is -0.240. The number of aromatic nitrogens is 2. The van der Waals surface area contributed by atoms with Crippen molar-refractivity contribution < 1.29 is 19.1 Å². The molecule has 0 saturated carbocycles. The lowest BCUT2D eigenvalue weighted by atomic mass is 9.85. The topological polar surface area (TPSA) is 95.6 Å². The Labute approximate surface area is 173 Å². The number of aromatic amines is 1. The molecule has 0 radical (unpaired) electrons. The first-order valence-corrected chi connectivity index (χ1v) is 10.1. The van der Waals surface area contributed by atoms with Gasteiger partial charge in [0.15, 0.2) is 0 Å². The fourth-order valence-corrected chi connectivity index (χ4v) is 4.57. The Morgan fingerprint density at radius 2 is 1.77 bits per heavy atom. The molecule has 2 atom stereocenters. The molecule has 3 heterocycles. The zero-order chi connectivity index (χ0) is 20.8. The highest BCUT2D eigenvalue weighted by atomic mass is 16.5. The fraction of sp³-hybridized carbons (Fsp3) is 0.364. The molecule has 30 heavy (non-hydrogen) atoms. The number of rotatable bonds is 4. The molecule has 2 aliphatic heterocycles. The number of amides is 3. The molecule has 1 aliphatic carbocycles. The lowest BCUT2D eigenvalue weighted by molar-refractivity contribution is -0.145. The summed E-state index contributed by atoms with van der Waals surface area (Å²) in [6.45, 7) is 0.707. The Bertz CT molecular complexity index is 1030. The third kappa shape index (κ3) is 2.82. The lowest BCUT2D eigenvalue weighted by Crippen LogP contribution is -2.62. The van der Waals surface area contributed by atoms with Gasteiger partial charge in [0.1, 0.15) is 11.4 Å². The van der Waals surface area contributed by atoms with Crippen LogP contribution in [0.3, 0.4) is 0 Å². The predicted molar refractivity (Wildman–Crippen MR) is 107 cm³/mol. The molecule has 1 aromatic heterocycles. The fourth-order valence-electron chi connectivity index (χ4n) is 4.57. The number of para-hydroxylation sites is 1. The minimum absolute atomic E-state index is 0.0913. The second-order valence-corrected chi connectivity index (χ2v) is 7.93. The SMILES string of the molecule is COc1ccccc1-c1cc(C(=O)N2CC(N3C(=O)[C@H]4CC=CC[C@H]4C3=O)C2)[nH]n1. The number of imide groups is 1. The van der Waals surface area contributed by atoms with Crippen LogP contribution in [-0.2, 0) is 9.59 Å². The molecule has 5 rings (SSSR count). The Kier molecular flexibility index (Phi) is 4.42. The van der Waals surface area contributed by atoms with Crippen molar-refractivity contribution >= 4 is 17.7 Å². The quantitative estimate of drug-likeness (QED) is 0.618. The van der Waals surface area contributed by atoms with Gasteiger partial charge in [-0.15, -0.1) is 0 Å². The van der Waals surface area contributed by atoms with Crippen LogP contribution in [0.1, 0.15) is 23.3 Å². The van der Waals surface area contributed by atoms with Gasteiger partial charge in [0.2, 0.25) is 11.8 Å². The average Bonchev–Trinajstić information content (AvgIpc) is 3.33. The van der Waals surface area contributed by atoms with Gasteiger partial charge in [-0.05, 0) is 31.0 Å². The summed E-state index contributed by atoms with van der Waals surface area (Å²) in [5.41, 5.74) is 1.78. The number of hydrogen-bond donors (Lipinski definition) is 1. The van der Waals surface area contributed by atoms with Gasteiger partial charge in [-0.1, -0.05) is 24.3 Å². The molecule has 8 heteroatoms. The van der Waals surface area contributed by atoms with Gasteiger partial charge in [0, 0.05) is 18.7 Å². The first-order valence-electron chi connectivity index (χ1n) is 10.1. The molecule has 0 unspecified atom stereocenters. The molecule has 2 fully saturated rings. The second kappa shape index (κ2) is 7.12. The van der Waals surface area contributed by atoms with Crippen LogP contribution in [0.4, 0.5) is 0 Å². The Morgan fingerprint density at radius 3 is 2.43 bits per heavy atom. The van der Waals surface area contributed by atoms with E-state index in [1.807, 2.05) is 36.4 Å². The van der Waals surface area contributed by atoms with Crippen LogP contribution in [-0.4, -0.2) is 64.0 Å². The van der Waals surface area contributed by atoms with Crippen molar-refractivity contribution in [2.75, 3.05) is 20.2 Å². The number of nitrogens with zero attached hydrogens (tertiary/aromatic N) is 3. The van der Waals surface area contributed by atoms with Gasteiger partial charge in [-0.3, -0.25) is 24.4 Å². The van der Waals surface area contributed by atoms with Crippen LogP contribution < -0.4 is 4.74 Å². The Morgan fingerprint density at radius 1 is 1.10 bits per heavy atom. The molecule has 8 nitrogen and oxygen atoms in total. The van der Waals surface area contributed by atoms with Gasteiger partial charge in [-0.25, -0.2) is 0 Å². The standard InChI is InChI=1S/C22H22N4O4/c1-30-19-9-5-4-8-16(19)17-10-18(24-23-17)22(29)25-11-13(12-25)26-20(27)14-6-2-3-7-15(14)21(26)28/h2-5,8-10,13-15H,6-7,11-12H2,1H3,(H,23,24)/t14-,15+. The van der Waals surface area contributed by atoms with E-state index in [0.717, 1.165) is 5.56 Å². The first kappa shape index (κ1) is 18.6. The number of allylic oxidation sites excluding steroid dienone is 2. The van der Waals surface area contributed by atoms with E-state index in [4.69, 9.17) is 4.74 Å². The van der Waals surface area contributed by atoms with Gasteiger partial charge < -0.3 is 9.64 Å². The van der Waals surface area contributed by atoms with E-state index in [1.165, 1.54) is 4.90 Å². The smallest absolute Gasteiger partial charge is 0.272 e. The van der Waals surface area contributed by atoms with Crippen molar-refractivity contribution in [3.05, 3.63) is 48.2 Å². The van der Waals surface area contributed by atoms with Crippen LogP contribution in [0.5, 0.6) is 5.75 Å². The molecule has 0 spiro atoms. The largest absolute Gasteiger partial charge is 0.496 e. The second-order valence-electron chi connectivity index (χ2n) is 7.93. The average molecular weight is 406 g/mol. The summed E-state index contributed by atoms with van der Waals surface area (Å²) in [6.07, 6.45) is 5.20. The number of hydrogen-bond acceptors (Lipinski definition) is 5. The molecule has 154 valence electrons. The maximum absolute atomic E-state index is 12.8. The third-order valence-corrected chi connectivity index (χ3v) is 6.25. The van der Waals surface area contributed by atoms with Crippen molar-refractivity contribution in [2.24, 2.45) is 11.8 Å². The third-order valence-electron chi connectivity index (χ3n) is 6.25. The summed E-state index contributed by atoms with van der Waals surface area (Å²) in [5, 5.41) is 7.04. The monoisotopic (exact) mass is 406 g/mol. The lowest BCUT2D eigenvalue weighted by Gasteiger charge is -2.42. The molecule has 2 saturated heterocycles. The van der Waals surface area contributed by atoms with Crippen molar-refractivity contribution in [1.29, 1.82) is 0 Å². The number of benzene rings is 1. The van der Waals surface area contributed by atoms with E-state index in [1.54, 1.807) is 18.1 Å². The molecular formula is C22H22N4O4. The van der Waals surface area contributed by atoms with Crippen molar-refractivity contribution in [3.63, 3.8) is 0 Å². The normalized spacial score (nSPS) is 23.5. The maximum Gasteiger partial charge on any atom is 0.272 e. The van der Waals surface area contributed by atoms with Gasteiger partial charge in [-0.2, -0.15) is 5.10 Å². The van der Waals surface area contributed by atoms with E-state index in [2.05, 4.69) is 10.2 Å². The number of H-pyrrole nitrogens is 1. The summed E-state index contributed by atoms with van der Waals surface area (Å²) in [4.78, 5) is 41.2. The summed E-state index contributed by atoms with van der Waals surface area (Å²) >= 11 is 0. The number of ether oxygens (including phenoxy) is 1. The molecular weight excluding hydrogens is 384 g/mol.